The molecule has 1 aliphatic heterocycles. The van der Waals surface area contributed by atoms with E-state index in [0.29, 0.717) is 5.41 Å². The fourth-order valence-corrected chi connectivity index (χ4v) is 3.39. The molecule has 1 saturated heterocycles. The molecule has 1 heterocycles. The van der Waals surface area contributed by atoms with Gasteiger partial charge in [-0.15, -0.1) is 0 Å². The number of piperidine rings is 1. The molecular formula is C16H21BrN2. The average Bonchev–Trinajstić information content (AvgIpc) is 2.47. The number of halogens is 1. The summed E-state index contributed by atoms with van der Waals surface area (Å²) < 4.78 is 1.05. The van der Waals surface area contributed by atoms with Gasteiger partial charge in [0.1, 0.15) is 6.07 Å². The highest BCUT2D eigenvalue weighted by Crippen LogP contribution is 2.39. The van der Waals surface area contributed by atoms with Crippen LogP contribution in [0.25, 0.3) is 0 Å². The van der Waals surface area contributed by atoms with E-state index in [2.05, 4.69) is 46.8 Å². The van der Waals surface area contributed by atoms with E-state index in [0.717, 1.165) is 28.8 Å². The fraction of sp³-hybridized carbons (Fsp3) is 0.562. The van der Waals surface area contributed by atoms with Crippen LogP contribution >= 0.6 is 15.9 Å². The van der Waals surface area contributed by atoms with Crippen LogP contribution < -0.4 is 4.90 Å². The quantitative estimate of drug-likeness (QED) is 0.805. The molecule has 2 nitrogen and oxygen atoms in total. The second-order valence-corrected chi connectivity index (χ2v) is 6.38. The van der Waals surface area contributed by atoms with E-state index in [1.54, 1.807) is 0 Å². The van der Waals surface area contributed by atoms with Crippen LogP contribution in [0.3, 0.4) is 0 Å². The number of hydrogen-bond donors (Lipinski definition) is 0. The molecule has 2 rings (SSSR count). The van der Waals surface area contributed by atoms with Gasteiger partial charge < -0.3 is 4.90 Å². The number of benzene rings is 1. The van der Waals surface area contributed by atoms with Crippen molar-refractivity contribution >= 4 is 21.6 Å². The van der Waals surface area contributed by atoms with Gasteiger partial charge >= 0.3 is 0 Å². The summed E-state index contributed by atoms with van der Waals surface area (Å²) >= 11 is 3.51. The number of nitriles is 1. The molecule has 0 radical (unpaired) electrons. The van der Waals surface area contributed by atoms with E-state index < -0.39 is 0 Å². The van der Waals surface area contributed by atoms with Crippen LogP contribution in [0.4, 0.5) is 5.69 Å². The normalized spacial score (nSPS) is 18.1. The van der Waals surface area contributed by atoms with Crippen molar-refractivity contribution in [1.29, 1.82) is 5.26 Å². The highest BCUT2D eigenvalue weighted by molar-refractivity contribution is 9.10. The highest BCUT2D eigenvalue weighted by Gasteiger charge is 2.31. The lowest BCUT2D eigenvalue weighted by Gasteiger charge is -2.42. The maximum absolute atomic E-state index is 9.24. The minimum Gasteiger partial charge on any atom is -0.370 e. The molecule has 1 aliphatic rings. The summed E-state index contributed by atoms with van der Waals surface area (Å²) in [5.74, 6) is 0. The molecule has 0 aromatic heterocycles. The largest absolute Gasteiger partial charge is 0.370 e. The second kappa shape index (κ2) is 5.96. The SMILES string of the molecule is CCC1(CC)CCN(c2cc(Br)ccc2C#N)CC1. The minimum absolute atomic E-state index is 0.523. The van der Waals surface area contributed by atoms with Crippen molar-refractivity contribution in [3.63, 3.8) is 0 Å². The summed E-state index contributed by atoms with van der Waals surface area (Å²) in [6, 6.07) is 8.22. The Labute approximate surface area is 124 Å². The Morgan fingerprint density at radius 2 is 1.89 bits per heavy atom. The van der Waals surface area contributed by atoms with Gasteiger partial charge in [-0.25, -0.2) is 0 Å². The van der Waals surface area contributed by atoms with Crippen molar-refractivity contribution in [2.24, 2.45) is 5.41 Å². The first-order valence-corrected chi connectivity index (χ1v) is 7.88. The van der Waals surface area contributed by atoms with Crippen LogP contribution in [0.15, 0.2) is 22.7 Å². The Hall–Kier alpha value is -1.01. The summed E-state index contributed by atoms with van der Waals surface area (Å²) in [6.07, 6.45) is 5.00. The zero-order valence-corrected chi connectivity index (χ0v) is 13.3. The van der Waals surface area contributed by atoms with Crippen molar-refractivity contribution in [3.05, 3.63) is 28.2 Å². The fourth-order valence-electron chi connectivity index (χ4n) is 3.04. The summed E-state index contributed by atoms with van der Waals surface area (Å²) in [6.45, 7) is 6.73. The molecule has 3 heteroatoms. The second-order valence-electron chi connectivity index (χ2n) is 5.47. The van der Waals surface area contributed by atoms with Crippen LogP contribution in [0.1, 0.15) is 45.1 Å². The zero-order chi connectivity index (χ0) is 13.9. The van der Waals surface area contributed by atoms with Crippen LogP contribution in [-0.4, -0.2) is 13.1 Å². The van der Waals surface area contributed by atoms with Crippen molar-refractivity contribution < 1.29 is 0 Å². The third-order valence-electron chi connectivity index (χ3n) is 4.75. The predicted molar refractivity (Wildman–Crippen MR) is 83.3 cm³/mol. The number of rotatable bonds is 3. The maximum atomic E-state index is 9.24. The smallest absolute Gasteiger partial charge is 0.101 e. The zero-order valence-electron chi connectivity index (χ0n) is 11.7. The van der Waals surface area contributed by atoms with Crippen LogP contribution in [-0.2, 0) is 0 Å². The molecule has 0 spiro atoms. The van der Waals surface area contributed by atoms with Gasteiger partial charge in [-0.3, -0.25) is 0 Å². The third-order valence-corrected chi connectivity index (χ3v) is 5.24. The van der Waals surface area contributed by atoms with Gasteiger partial charge in [0, 0.05) is 17.6 Å². The molecule has 1 fully saturated rings. The molecule has 0 atom stereocenters. The van der Waals surface area contributed by atoms with Gasteiger partial charge in [0.2, 0.25) is 0 Å². The predicted octanol–water partition coefficient (Wildman–Crippen LogP) is 4.73. The number of nitrogens with zero attached hydrogens (tertiary/aromatic N) is 2. The van der Waals surface area contributed by atoms with Crippen molar-refractivity contribution in [3.8, 4) is 6.07 Å². The first-order chi connectivity index (χ1) is 9.14. The molecule has 0 saturated carbocycles. The Morgan fingerprint density at radius 3 is 2.42 bits per heavy atom. The van der Waals surface area contributed by atoms with E-state index in [4.69, 9.17) is 0 Å². The molecule has 0 amide bonds. The van der Waals surface area contributed by atoms with Gasteiger partial charge in [-0.05, 0) is 36.5 Å². The van der Waals surface area contributed by atoms with E-state index in [1.165, 1.54) is 25.7 Å². The molecule has 0 aliphatic carbocycles. The standard InChI is InChI=1S/C16H21BrN2/c1-3-16(4-2)7-9-19(10-8-16)15-11-14(17)6-5-13(15)12-18/h5-6,11H,3-4,7-10H2,1-2H3. The van der Waals surface area contributed by atoms with Gasteiger partial charge in [0.15, 0.2) is 0 Å². The molecule has 1 aromatic carbocycles. The molecule has 1 aromatic rings. The number of hydrogen-bond acceptors (Lipinski definition) is 2. The Kier molecular flexibility index (Phi) is 4.52. The maximum Gasteiger partial charge on any atom is 0.101 e. The Bertz CT molecular complexity index is 476. The first-order valence-electron chi connectivity index (χ1n) is 7.09. The van der Waals surface area contributed by atoms with E-state index >= 15 is 0 Å². The monoisotopic (exact) mass is 320 g/mol. The van der Waals surface area contributed by atoms with Gasteiger partial charge in [-0.2, -0.15) is 5.26 Å². The molecule has 102 valence electrons. The van der Waals surface area contributed by atoms with Gasteiger partial charge in [0.25, 0.3) is 0 Å². The number of anilines is 1. The average molecular weight is 321 g/mol. The van der Waals surface area contributed by atoms with Crippen LogP contribution in [0.5, 0.6) is 0 Å². The summed E-state index contributed by atoms with van der Waals surface area (Å²) in [4.78, 5) is 2.37. The lowest BCUT2D eigenvalue weighted by molar-refractivity contribution is 0.199. The third kappa shape index (κ3) is 2.95. The first kappa shape index (κ1) is 14.4. The van der Waals surface area contributed by atoms with Crippen molar-refractivity contribution in [1.82, 2.24) is 0 Å². The Morgan fingerprint density at radius 1 is 1.26 bits per heavy atom. The van der Waals surface area contributed by atoms with Crippen molar-refractivity contribution in [2.75, 3.05) is 18.0 Å². The minimum atomic E-state index is 0.523. The van der Waals surface area contributed by atoms with Gasteiger partial charge in [0.05, 0.1) is 11.3 Å². The lowest BCUT2D eigenvalue weighted by atomic mass is 9.74. The summed E-state index contributed by atoms with van der Waals surface area (Å²) in [7, 11) is 0. The summed E-state index contributed by atoms with van der Waals surface area (Å²) in [5, 5.41) is 9.24. The van der Waals surface area contributed by atoms with Crippen LogP contribution in [0.2, 0.25) is 0 Å². The van der Waals surface area contributed by atoms with Gasteiger partial charge in [-0.1, -0.05) is 42.6 Å². The molecule has 19 heavy (non-hydrogen) atoms. The van der Waals surface area contributed by atoms with E-state index in [1.807, 2.05) is 12.1 Å². The Balaban J connectivity index is 2.18. The molecule has 0 bridgehead atoms. The topological polar surface area (TPSA) is 27.0 Å². The van der Waals surface area contributed by atoms with E-state index in [-0.39, 0.29) is 0 Å². The summed E-state index contributed by atoms with van der Waals surface area (Å²) in [5.41, 5.74) is 2.39. The highest BCUT2D eigenvalue weighted by atomic mass is 79.9. The lowest BCUT2D eigenvalue weighted by Crippen LogP contribution is -2.40. The molecule has 0 N–H and O–H groups in total. The van der Waals surface area contributed by atoms with E-state index in [9.17, 15) is 5.26 Å². The van der Waals surface area contributed by atoms with Crippen LogP contribution in [0, 0.1) is 16.7 Å². The van der Waals surface area contributed by atoms with Crippen molar-refractivity contribution in [2.45, 2.75) is 39.5 Å². The molecular weight excluding hydrogens is 300 g/mol. The molecule has 0 unspecified atom stereocenters.